The number of hydrogen-bond acceptors (Lipinski definition) is 5. The molecule has 8 heteroatoms. The maximum atomic E-state index is 12.5. The summed E-state index contributed by atoms with van der Waals surface area (Å²) in [5.74, 6) is 0.366. The molecule has 146 valence electrons. The van der Waals surface area contributed by atoms with E-state index in [1.54, 1.807) is 24.5 Å². The molecule has 28 heavy (non-hydrogen) atoms. The summed E-state index contributed by atoms with van der Waals surface area (Å²) < 4.78 is 27.7. The van der Waals surface area contributed by atoms with Crippen molar-refractivity contribution in [2.45, 2.75) is 30.7 Å². The summed E-state index contributed by atoms with van der Waals surface area (Å²) in [7, 11) is -3.56. The number of rotatable bonds is 5. The standard InChI is InChI=1S/C20H21ClN4O2S/c1-13(2)16-5-6-19(18-10-23-20(21)8-17(16)18)25-11-14(12-25)24-28(26,27)15-4-3-7-22-9-15/h3-10,13-14,24H,11-12H2,1-2H3. The summed E-state index contributed by atoms with van der Waals surface area (Å²) in [4.78, 5) is 10.5. The quantitative estimate of drug-likeness (QED) is 0.643. The van der Waals surface area contributed by atoms with Crippen molar-refractivity contribution in [1.82, 2.24) is 14.7 Å². The third kappa shape index (κ3) is 3.57. The molecule has 0 amide bonds. The van der Waals surface area contributed by atoms with E-state index in [4.69, 9.17) is 11.6 Å². The zero-order chi connectivity index (χ0) is 19.9. The van der Waals surface area contributed by atoms with Crippen molar-refractivity contribution >= 4 is 38.1 Å². The minimum absolute atomic E-state index is 0.148. The maximum Gasteiger partial charge on any atom is 0.242 e. The molecule has 2 aromatic heterocycles. The number of hydrogen-bond donors (Lipinski definition) is 1. The van der Waals surface area contributed by atoms with Gasteiger partial charge in [0, 0.05) is 42.8 Å². The number of aromatic nitrogens is 2. The predicted molar refractivity (Wildman–Crippen MR) is 111 cm³/mol. The van der Waals surface area contributed by atoms with E-state index in [1.807, 2.05) is 6.07 Å². The van der Waals surface area contributed by atoms with Crippen molar-refractivity contribution in [2.75, 3.05) is 18.0 Å². The Morgan fingerprint density at radius 3 is 2.64 bits per heavy atom. The Kier molecular flexibility index (Phi) is 4.99. The molecule has 0 unspecified atom stereocenters. The van der Waals surface area contributed by atoms with Crippen LogP contribution >= 0.6 is 11.6 Å². The van der Waals surface area contributed by atoms with Crippen LogP contribution in [0.5, 0.6) is 0 Å². The number of sulfonamides is 1. The van der Waals surface area contributed by atoms with E-state index in [2.05, 4.69) is 45.6 Å². The van der Waals surface area contributed by atoms with E-state index in [9.17, 15) is 8.42 Å². The van der Waals surface area contributed by atoms with Crippen molar-refractivity contribution in [3.8, 4) is 0 Å². The summed E-state index contributed by atoms with van der Waals surface area (Å²) >= 11 is 6.12. The van der Waals surface area contributed by atoms with Crippen molar-refractivity contribution in [2.24, 2.45) is 0 Å². The molecule has 0 bridgehead atoms. The Hall–Kier alpha value is -2.22. The first-order chi connectivity index (χ1) is 13.3. The maximum absolute atomic E-state index is 12.5. The van der Waals surface area contributed by atoms with Gasteiger partial charge in [0.15, 0.2) is 0 Å². The van der Waals surface area contributed by atoms with Crippen molar-refractivity contribution in [3.63, 3.8) is 0 Å². The summed E-state index contributed by atoms with van der Waals surface area (Å²) in [5, 5.41) is 2.59. The first-order valence-corrected chi connectivity index (χ1v) is 11.0. The summed E-state index contributed by atoms with van der Waals surface area (Å²) in [6, 6.07) is 9.11. The van der Waals surface area contributed by atoms with Gasteiger partial charge in [0.25, 0.3) is 0 Å². The molecule has 1 aliphatic heterocycles. The molecule has 3 aromatic rings. The summed E-state index contributed by atoms with van der Waals surface area (Å²) in [5.41, 5.74) is 2.26. The van der Waals surface area contributed by atoms with Gasteiger partial charge >= 0.3 is 0 Å². The van der Waals surface area contributed by atoms with Crippen molar-refractivity contribution < 1.29 is 8.42 Å². The molecule has 1 saturated heterocycles. The largest absolute Gasteiger partial charge is 0.368 e. The second kappa shape index (κ2) is 7.31. The molecule has 0 aliphatic carbocycles. The Morgan fingerprint density at radius 1 is 1.18 bits per heavy atom. The van der Waals surface area contributed by atoms with Gasteiger partial charge < -0.3 is 4.90 Å². The van der Waals surface area contributed by atoms with Gasteiger partial charge in [-0.05, 0) is 41.1 Å². The van der Waals surface area contributed by atoms with Crippen LogP contribution in [0.4, 0.5) is 5.69 Å². The van der Waals surface area contributed by atoms with E-state index in [0.29, 0.717) is 24.2 Å². The molecule has 1 aliphatic rings. The highest BCUT2D eigenvalue weighted by Gasteiger charge is 2.32. The number of halogens is 1. The second-order valence-electron chi connectivity index (χ2n) is 7.29. The third-order valence-electron chi connectivity index (χ3n) is 4.99. The van der Waals surface area contributed by atoms with Crippen molar-refractivity contribution in [3.05, 3.63) is 59.6 Å². The number of nitrogens with zero attached hydrogens (tertiary/aromatic N) is 3. The van der Waals surface area contributed by atoms with E-state index in [1.165, 1.54) is 11.8 Å². The number of nitrogens with one attached hydrogen (secondary N) is 1. The Morgan fingerprint density at radius 2 is 1.96 bits per heavy atom. The number of anilines is 1. The lowest BCUT2D eigenvalue weighted by Crippen LogP contribution is -2.59. The van der Waals surface area contributed by atoms with Gasteiger partial charge in [-0.1, -0.05) is 31.5 Å². The van der Waals surface area contributed by atoms with Gasteiger partial charge in [0.05, 0.1) is 6.04 Å². The highest BCUT2D eigenvalue weighted by atomic mass is 35.5. The number of fused-ring (bicyclic) bond motifs is 1. The van der Waals surface area contributed by atoms with Crippen LogP contribution in [-0.2, 0) is 10.0 Å². The van der Waals surface area contributed by atoms with Crippen LogP contribution < -0.4 is 9.62 Å². The highest BCUT2D eigenvalue weighted by Crippen LogP contribution is 2.35. The number of pyridine rings is 2. The SMILES string of the molecule is CC(C)c1ccc(N2CC(NS(=O)(=O)c3cccnc3)C2)c2cnc(Cl)cc12. The van der Waals surface area contributed by atoms with Gasteiger partial charge in [0.1, 0.15) is 10.0 Å². The highest BCUT2D eigenvalue weighted by molar-refractivity contribution is 7.89. The monoisotopic (exact) mass is 416 g/mol. The van der Waals surface area contributed by atoms with Crippen LogP contribution in [0.2, 0.25) is 5.15 Å². The van der Waals surface area contributed by atoms with Crippen LogP contribution in [0, 0.1) is 0 Å². The molecule has 1 aromatic carbocycles. The zero-order valence-corrected chi connectivity index (χ0v) is 17.2. The lowest BCUT2D eigenvalue weighted by Gasteiger charge is -2.41. The fourth-order valence-corrected chi connectivity index (χ4v) is 4.88. The third-order valence-corrected chi connectivity index (χ3v) is 6.70. The molecule has 0 atom stereocenters. The molecular formula is C20H21ClN4O2S. The average Bonchev–Trinajstić information content (AvgIpc) is 2.64. The minimum atomic E-state index is -3.56. The van der Waals surface area contributed by atoms with Crippen LogP contribution in [0.1, 0.15) is 25.3 Å². The Labute approximate surface area is 169 Å². The summed E-state index contributed by atoms with van der Waals surface area (Å²) in [6.07, 6.45) is 4.70. The topological polar surface area (TPSA) is 75.2 Å². The van der Waals surface area contributed by atoms with Crippen LogP contribution in [-0.4, -0.2) is 37.5 Å². The molecule has 1 fully saturated rings. The first kappa shape index (κ1) is 19.1. The second-order valence-corrected chi connectivity index (χ2v) is 9.39. The van der Waals surface area contributed by atoms with Gasteiger partial charge in [-0.2, -0.15) is 0 Å². The van der Waals surface area contributed by atoms with Crippen LogP contribution in [0.25, 0.3) is 10.8 Å². The van der Waals surface area contributed by atoms with E-state index >= 15 is 0 Å². The van der Waals surface area contributed by atoms with Gasteiger partial charge in [0.2, 0.25) is 10.0 Å². The molecular weight excluding hydrogens is 396 g/mol. The Balaban J connectivity index is 1.55. The lowest BCUT2D eigenvalue weighted by molar-refractivity contribution is 0.470. The lowest BCUT2D eigenvalue weighted by atomic mass is 9.95. The van der Waals surface area contributed by atoms with Crippen LogP contribution in [0.15, 0.2) is 53.8 Å². The Bertz CT molecular complexity index is 1110. The molecule has 4 rings (SSSR count). The molecule has 0 spiro atoms. The normalized spacial score (nSPS) is 15.2. The molecule has 0 radical (unpaired) electrons. The zero-order valence-electron chi connectivity index (χ0n) is 15.6. The average molecular weight is 417 g/mol. The predicted octanol–water partition coefficient (Wildman–Crippen LogP) is 3.57. The molecule has 1 N–H and O–H groups in total. The van der Waals surface area contributed by atoms with Gasteiger partial charge in [-0.25, -0.2) is 18.1 Å². The van der Waals surface area contributed by atoms with E-state index in [-0.39, 0.29) is 10.9 Å². The first-order valence-electron chi connectivity index (χ1n) is 9.10. The molecule has 3 heterocycles. The fourth-order valence-electron chi connectivity index (χ4n) is 3.54. The minimum Gasteiger partial charge on any atom is -0.368 e. The summed E-state index contributed by atoms with van der Waals surface area (Å²) in [6.45, 7) is 5.49. The van der Waals surface area contributed by atoms with Gasteiger partial charge in [-0.3, -0.25) is 4.98 Å². The molecule has 0 saturated carbocycles. The van der Waals surface area contributed by atoms with E-state index in [0.717, 1.165) is 16.5 Å². The van der Waals surface area contributed by atoms with Gasteiger partial charge in [-0.15, -0.1) is 0 Å². The number of benzene rings is 1. The molecule has 6 nitrogen and oxygen atoms in total. The van der Waals surface area contributed by atoms with Crippen molar-refractivity contribution in [1.29, 1.82) is 0 Å². The van der Waals surface area contributed by atoms with Crippen LogP contribution in [0.3, 0.4) is 0 Å². The fraction of sp³-hybridized carbons (Fsp3) is 0.300. The van der Waals surface area contributed by atoms with E-state index < -0.39 is 10.0 Å². The smallest absolute Gasteiger partial charge is 0.242 e.